The lowest BCUT2D eigenvalue weighted by Gasteiger charge is -2.28. The summed E-state index contributed by atoms with van der Waals surface area (Å²) in [6, 6.07) is 9.94. The molecular weight excluding hydrogens is 435 g/mol. The number of halogens is 3. The van der Waals surface area contributed by atoms with E-state index in [1.54, 1.807) is 12.1 Å². The van der Waals surface area contributed by atoms with Crippen LogP contribution in [0.5, 0.6) is 0 Å². The monoisotopic (exact) mass is 457 g/mol. The Labute approximate surface area is 188 Å². The highest BCUT2D eigenvalue weighted by Gasteiger charge is 2.32. The molecular formula is C23H22F3N5O2. The van der Waals surface area contributed by atoms with E-state index in [1.807, 2.05) is 32.0 Å². The molecule has 0 radical (unpaired) electrons. The van der Waals surface area contributed by atoms with Crippen LogP contribution in [0, 0.1) is 13.8 Å². The topological polar surface area (TPSA) is 80.2 Å². The number of pyridine rings is 1. The summed E-state index contributed by atoms with van der Waals surface area (Å²) >= 11 is 0. The van der Waals surface area contributed by atoms with Crippen LogP contribution in [-0.2, 0) is 10.9 Å². The van der Waals surface area contributed by atoms with Crippen molar-refractivity contribution in [3.63, 3.8) is 0 Å². The number of nitrogens with zero attached hydrogens (tertiary/aromatic N) is 4. The number of ether oxygens (including phenoxy) is 1. The van der Waals surface area contributed by atoms with Gasteiger partial charge >= 0.3 is 6.18 Å². The van der Waals surface area contributed by atoms with Crippen molar-refractivity contribution in [2.45, 2.75) is 20.0 Å². The minimum Gasteiger partial charge on any atom is -0.378 e. The maximum atomic E-state index is 12.9. The van der Waals surface area contributed by atoms with Gasteiger partial charge in [0.2, 0.25) is 0 Å². The first-order valence-corrected chi connectivity index (χ1v) is 10.3. The van der Waals surface area contributed by atoms with E-state index in [0.29, 0.717) is 31.2 Å². The van der Waals surface area contributed by atoms with E-state index in [4.69, 9.17) is 4.74 Å². The largest absolute Gasteiger partial charge is 0.418 e. The summed E-state index contributed by atoms with van der Waals surface area (Å²) in [6.45, 7) is 6.66. The summed E-state index contributed by atoms with van der Waals surface area (Å²) in [5.74, 6) is 0.0738. The Morgan fingerprint density at radius 2 is 1.85 bits per heavy atom. The number of aryl methyl sites for hydroxylation is 2. The first-order chi connectivity index (χ1) is 15.7. The number of hydrogen-bond donors (Lipinski definition) is 1. The predicted molar refractivity (Wildman–Crippen MR) is 117 cm³/mol. The van der Waals surface area contributed by atoms with Gasteiger partial charge in [-0.05, 0) is 60.9 Å². The van der Waals surface area contributed by atoms with Gasteiger partial charge in [-0.2, -0.15) is 18.3 Å². The molecule has 10 heteroatoms. The molecule has 1 saturated heterocycles. The molecule has 1 aromatic carbocycles. The summed E-state index contributed by atoms with van der Waals surface area (Å²) < 4.78 is 44.2. The van der Waals surface area contributed by atoms with Crippen molar-refractivity contribution >= 4 is 17.4 Å². The van der Waals surface area contributed by atoms with Crippen molar-refractivity contribution in [2.75, 3.05) is 36.5 Å². The minimum atomic E-state index is -4.61. The number of nitrogens with one attached hydrogen (secondary N) is 1. The number of aromatic nitrogens is 3. The molecule has 4 rings (SSSR count). The SMILES string of the molecule is Cc1cc(-c2cc(NC(=O)c3cc(C(F)(F)F)cnn3)ccc2C)cc(N2CCOCC2)n1. The molecule has 3 heterocycles. The number of rotatable bonds is 4. The van der Waals surface area contributed by atoms with Crippen molar-refractivity contribution in [2.24, 2.45) is 0 Å². The number of carbonyl (C=O) groups excluding carboxylic acids is 1. The molecule has 1 N–H and O–H groups in total. The van der Waals surface area contributed by atoms with Crippen LogP contribution in [0.2, 0.25) is 0 Å². The van der Waals surface area contributed by atoms with Crippen molar-refractivity contribution < 1.29 is 22.7 Å². The number of morpholine rings is 1. The smallest absolute Gasteiger partial charge is 0.378 e. The average molecular weight is 457 g/mol. The molecule has 3 aromatic rings. The van der Waals surface area contributed by atoms with Gasteiger partial charge in [0, 0.05) is 24.5 Å². The van der Waals surface area contributed by atoms with Gasteiger partial charge in [-0.15, -0.1) is 5.10 Å². The number of benzene rings is 1. The van der Waals surface area contributed by atoms with E-state index in [2.05, 4.69) is 25.4 Å². The van der Waals surface area contributed by atoms with E-state index in [-0.39, 0.29) is 0 Å². The molecule has 0 unspecified atom stereocenters. The molecule has 0 spiro atoms. The lowest BCUT2D eigenvalue weighted by Crippen LogP contribution is -2.36. The molecule has 1 aliphatic heterocycles. The first kappa shape index (κ1) is 22.7. The molecule has 0 saturated carbocycles. The second-order valence-corrected chi connectivity index (χ2v) is 7.77. The molecule has 0 aliphatic carbocycles. The Morgan fingerprint density at radius 3 is 2.58 bits per heavy atom. The number of carbonyl (C=O) groups is 1. The molecule has 7 nitrogen and oxygen atoms in total. The van der Waals surface area contributed by atoms with Crippen molar-refractivity contribution in [1.82, 2.24) is 15.2 Å². The minimum absolute atomic E-state index is 0.415. The third kappa shape index (κ3) is 5.28. The maximum Gasteiger partial charge on any atom is 0.418 e. The van der Waals surface area contributed by atoms with Crippen LogP contribution in [0.3, 0.4) is 0 Å². The zero-order valence-electron chi connectivity index (χ0n) is 18.1. The highest BCUT2D eigenvalue weighted by Crippen LogP contribution is 2.31. The summed E-state index contributed by atoms with van der Waals surface area (Å²) in [5, 5.41) is 9.46. The van der Waals surface area contributed by atoms with E-state index < -0.39 is 23.3 Å². The third-order valence-electron chi connectivity index (χ3n) is 5.30. The Bertz CT molecular complexity index is 1180. The van der Waals surface area contributed by atoms with Gasteiger partial charge in [-0.3, -0.25) is 4.79 Å². The van der Waals surface area contributed by atoms with Gasteiger partial charge in [0.05, 0.1) is 25.0 Å². The summed E-state index contributed by atoms with van der Waals surface area (Å²) in [7, 11) is 0. The number of hydrogen-bond acceptors (Lipinski definition) is 6. The normalized spacial score (nSPS) is 14.3. The van der Waals surface area contributed by atoms with Gasteiger partial charge in [-0.25, -0.2) is 4.98 Å². The average Bonchev–Trinajstić information content (AvgIpc) is 2.80. The van der Waals surface area contributed by atoms with Crippen LogP contribution in [0.25, 0.3) is 11.1 Å². The highest BCUT2D eigenvalue weighted by molar-refractivity contribution is 6.03. The zero-order valence-corrected chi connectivity index (χ0v) is 18.1. The van der Waals surface area contributed by atoms with Crippen LogP contribution in [-0.4, -0.2) is 47.4 Å². The van der Waals surface area contributed by atoms with Gasteiger partial charge in [0.25, 0.3) is 5.91 Å². The lowest BCUT2D eigenvalue weighted by molar-refractivity contribution is -0.137. The molecule has 1 fully saturated rings. The first-order valence-electron chi connectivity index (χ1n) is 10.3. The molecule has 2 aromatic heterocycles. The fourth-order valence-corrected chi connectivity index (χ4v) is 3.60. The molecule has 1 amide bonds. The van der Waals surface area contributed by atoms with Gasteiger partial charge < -0.3 is 15.0 Å². The van der Waals surface area contributed by atoms with E-state index in [9.17, 15) is 18.0 Å². The van der Waals surface area contributed by atoms with Crippen molar-refractivity contribution in [1.29, 1.82) is 0 Å². The van der Waals surface area contributed by atoms with Crippen molar-refractivity contribution in [3.8, 4) is 11.1 Å². The van der Waals surface area contributed by atoms with Crippen LogP contribution in [0.4, 0.5) is 24.7 Å². The second kappa shape index (κ2) is 9.14. The van der Waals surface area contributed by atoms with E-state index >= 15 is 0 Å². The molecule has 1 aliphatic rings. The van der Waals surface area contributed by atoms with Gasteiger partial charge in [-0.1, -0.05) is 6.07 Å². The van der Waals surface area contributed by atoms with Gasteiger partial charge in [0.15, 0.2) is 5.69 Å². The molecule has 33 heavy (non-hydrogen) atoms. The van der Waals surface area contributed by atoms with Crippen LogP contribution in [0.1, 0.15) is 27.3 Å². The molecule has 0 atom stereocenters. The highest BCUT2D eigenvalue weighted by atomic mass is 19.4. The summed E-state index contributed by atoms with van der Waals surface area (Å²) in [4.78, 5) is 19.3. The summed E-state index contributed by atoms with van der Waals surface area (Å²) in [6.07, 6.45) is -4.03. The number of alkyl halides is 3. The number of amides is 1. The second-order valence-electron chi connectivity index (χ2n) is 7.77. The quantitative estimate of drug-likeness (QED) is 0.631. The van der Waals surface area contributed by atoms with Crippen LogP contribution < -0.4 is 10.2 Å². The van der Waals surface area contributed by atoms with Crippen molar-refractivity contribution in [3.05, 3.63) is 65.1 Å². The molecule has 0 bridgehead atoms. The Kier molecular flexibility index (Phi) is 6.28. The Hall–Kier alpha value is -3.53. The maximum absolute atomic E-state index is 12.9. The lowest BCUT2D eigenvalue weighted by atomic mass is 9.99. The Morgan fingerprint density at radius 1 is 1.09 bits per heavy atom. The van der Waals surface area contributed by atoms with Crippen LogP contribution >= 0.6 is 0 Å². The fraction of sp³-hybridized carbons (Fsp3) is 0.304. The number of anilines is 2. The third-order valence-corrected chi connectivity index (χ3v) is 5.30. The van der Waals surface area contributed by atoms with E-state index in [1.165, 1.54) is 0 Å². The van der Waals surface area contributed by atoms with Crippen LogP contribution in [0.15, 0.2) is 42.6 Å². The van der Waals surface area contributed by atoms with Gasteiger partial charge in [0.1, 0.15) is 5.82 Å². The fourth-order valence-electron chi connectivity index (χ4n) is 3.60. The Balaban J connectivity index is 1.61. The summed E-state index contributed by atoms with van der Waals surface area (Å²) in [5.41, 5.74) is 2.62. The molecule has 172 valence electrons. The predicted octanol–water partition coefficient (Wildman–Crippen LogP) is 4.26. The zero-order chi connectivity index (χ0) is 23.6. The van der Waals surface area contributed by atoms with E-state index in [0.717, 1.165) is 41.3 Å². The standard InChI is InChI=1S/C23H22F3N5O2/c1-14-3-4-18(29-22(32)20-11-17(13-27-30-20)23(24,25)26)12-19(14)16-9-15(2)28-21(10-16)31-5-7-33-8-6-31/h3-4,9-13H,5-8H2,1-2H3,(H,29,32).